The largest absolute Gasteiger partial charge is 0.459 e. The van der Waals surface area contributed by atoms with Crippen molar-refractivity contribution in [1.82, 2.24) is 0 Å². The van der Waals surface area contributed by atoms with Crippen molar-refractivity contribution < 1.29 is 14.0 Å². The molecular formula is C26H21ClN2O3S. The van der Waals surface area contributed by atoms with E-state index in [1.165, 1.54) is 18.0 Å². The van der Waals surface area contributed by atoms with E-state index in [1.54, 1.807) is 36.4 Å². The van der Waals surface area contributed by atoms with Crippen LogP contribution in [-0.4, -0.2) is 11.8 Å². The van der Waals surface area contributed by atoms with E-state index in [-0.39, 0.29) is 17.6 Å². The third-order valence-electron chi connectivity index (χ3n) is 4.91. The zero-order valence-corrected chi connectivity index (χ0v) is 19.3. The minimum Gasteiger partial charge on any atom is -0.459 e. The van der Waals surface area contributed by atoms with Crippen LogP contribution in [0.15, 0.2) is 101 Å². The fourth-order valence-electron chi connectivity index (χ4n) is 3.18. The molecule has 0 spiro atoms. The average Bonchev–Trinajstić information content (AvgIpc) is 3.37. The maximum absolute atomic E-state index is 13.3. The predicted octanol–water partition coefficient (Wildman–Crippen LogP) is 6.97. The molecule has 4 rings (SSSR count). The van der Waals surface area contributed by atoms with Gasteiger partial charge in [-0.3, -0.25) is 9.59 Å². The number of hydrogen-bond acceptors (Lipinski definition) is 4. The minimum absolute atomic E-state index is 0.147. The summed E-state index contributed by atoms with van der Waals surface area (Å²) in [4.78, 5) is 26.3. The highest BCUT2D eigenvalue weighted by atomic mass is 35.5. The minimum atomic E-state index is -0.479. The first-order valence-electron chi connectivity index (χ1n) is 10.2. The van der Waals surface area contributed by atoms with Crippen LogP contribution in [0.4, 0.5) is 11.4 Å². The molecule has 0 bridgehead atoms. The second-order valence-corrected chi connectivity index (χ2v) is 8.93. The Morgan fingerprint density at radius 2 is 1.67 bits per heavy atom. The van der Waals surface area contributed by atoms with Gasteiger partial charge >= 0.3 is 0 Å². The van der Waals surface area contributed by atoms with E-state index < -0.39 is 5.25 Å². The molecule has 0 radical (unpaired) electrons. The quantitative estimate of drug-likeness (QED) is 0.283. The topological polar surface area (TPSA) is 71.3 Å². The molecule has 0 saturated carbocycles. The van der Waals surface area contributed by atoms with Crippen LogP contribution in [0.2, 0.25) is 5.02 Å². The van der Waals surface area contributed by atoms with E-state index in [0.717, 1.165) is 16.0 Å². The van der Waals surface area contributed by atoms with Crippen LogP contribution in [-0.2, 0) is 4.79 Å². The van der Waals surface area contributed by atoms with Crippen molar-refractivity contribution in [3.63, 3.8) is 0 Å². The van der Waals surface area contributed by atoms with Gasteiger partial charge in [0.1, 0.15) is 5.25 Å². The Kier molecular flexibility index (Phi) is 7.17. The summed E-state index contributed by atoms with van der Waals surface area (Å²) in [5, 5.41) is 5.88. The Balaban J connectivity index is 1.51. The number of thioether (sulfide) groups is 1. The fourth-order valence-corrected chi connectivity index (χ4v) is 4.38. The van der Waals surface area contributed by atoms with Gasteiger partial charge in [-0.05, 0) is 66.6 Å². The van der Waals surface area contributed by atoms with Crippen molar-refractivity contribution >= 4 is 46.6 Å². The molecular weight excluding hydrogens is 456 g/mol. The van der Waals surface area contributed by atoms with Crippen molar-refractivity contribution in [2.75, 3.05) is 10.6 Å². The van der Waals surface area contributed by atoms with E-state index in [2.05, 4.69) is 10.6 Å². The predicted molar refractivity (Wildman–Crippen MR) is 133 cm³/mol. The van der Waals surface area contributed by atoms with Gasteiger partial charge in [-0.2, -0.15) is 0 Å². The van der Waals surface area contributed by atoms with Gasteiger partial charge in [0.05, 0.1) is 6.26 Å². The SMILES string of the molecule is Cc1ccc(Cl)cc1NC(=O)C(Sc1ccc(NC(=O)c2ccco2)cc1)c1ccccc1. The first-order valence-corrected chi connectivity index (χ1v) is 11.5. The highest BCUT2D eigenvalue weighted by Crippen LogP contribution is 2.37. The normalized spacial score (nSPS) is 11.6. The van der Waals surface area contributed by atoms with Crippen LogP contribution in [0.25, 0.3) is 0 Å². The molecule has 2 amide bonds. The monoisotopic (exact) mass is 476 g/mol. The zero-order valence-electron chi connectivity index (χ0n) is 17.7. The Hall–Kier alpha value is -3.48. The lowest BCUT2D eigenvalue weighted by molar-refractivity contribution is -0.115. The van der Waals surface area contributed by atoms with Crippen molar-refractivity contribution in [2.24, 2.45) is 0 Å². The van der Waals surface area contributed by atoms with Gasteiger partial charge in [-0.1, -0.05) is 48.0 Å². The van der Waals surface area contributed by atoms with E-state index >= 15 is 0 Å². The summed E-state index contributed by atoms with van der Waals surface area (Å²) in [5.74, 6) is -0.226. The Labute approximate surface area is 201 Å². The van der Waals surface area contributed by atoms with Crippen LogP contribution < -0.4 is 10.6 Å². The smallest absolute Gasteiger partial charge is 0.291 e. The molecule has 1 heterocycles. The van der Waals surface area contributed by atoms with Gasteiger partial charge in [0, 0.05) is 21.3 Å². The van der Waals surface area contributed by atoms with Gasteiger partial charge in [0.2, 0.25) is 5.91 Å². The molecule has 33 heavy (non-hydrogen) atoms. The van der Waals surface area contributed by atoms with Crippen LogP contribution >= 0.6 is 23.4 Å². The van der Waals surface area contributed by atoms with E-state index in [4.69, 9.17) is 16.0 Å². The van der Waals surface area contributed by atoms with Crippen LogP contribution in [0.1, 0.15) is 26.9 Å². The van der Waals surface area contributed by atoms with Crippen molar-refractivity contribution in [3.05, 3.63) is 113 Å². The molecule has 0 aliphatic carbocycles. The number of benzene rings is 3. The van der Waals surface area contributed by atoms with E-state index in [1.807, 2.05) is 55.5 Å². The lowest BCUT2D eigenvalue weighted by atomic mass is 10.1. The van der Waals surface area contributed by atoms with E-state index in [0.29, 0.717) is 16.4 Å². The number of rotatable bonds is 7. The van der Waals surface area contributed by atoms with Crippen molar-refractivity contribution in [2.45, 2.75) is 17.1 Å². The average molecular weight is 477 g/mol. The number of amides is 2. The maximum Gasteiger partial charge on any atom is 0.291 e. The number of nitrogens with one attached hydrogen (secondary N) is 2. The first-order chi connectivity index (χ1) is 16.0. The van der Waals surface area contributed by atoms with Crippen LogP contribution in [0.3, 0.4) is 0 Å². The molecule has 1 atom stereocenters. The highest BCUT2D eigenvalue weighted by molar-refractivity contribution is 8.00. The van der Waals surface area contributed by atoms with Crippen molar-refractivity contribution in [1.29, 1.82) is 0 Å². The number of halogens is 1. The number of carbonyl (C=O) groups excluding carboxylic acids is 2. The Morgan fingerprint density at radius 3 is 2.36 bits per heavy atom. The molecule has 0 saturated heterocycles. The second kappa shape index (κ2) is 10.4. The van der Waals surface area contributed by atoms with Gasteiger partial charge in [0.15, 0.2) is 5.76 Å². The fraction of sp³-hybridized carbons (Fsp3) is 0.0769. The van der Waals surface area contributed by atoms with Gasteiger partial charge in [-0.25, -0.2) is 0 Å². The third-order valence-corrected chi connectivity index (χ3v) is 6.41. The molecule has 166 valence electrons. The Morgan fingerprint density at radius 1 is 0.909 bits per heavy atom. The molecule has 5 nitrogen and oxygen atoms in total. The van der Waals surface area contributed by atoms with Gasteiger partial charge in [-0.15, -0.1) is 11.8 Å². The van der Waals surface area contributed by atoms with Crippen LogP contribution in [0.5, 0.6) is 0 Å². The summed E-state index contributed by atoms with van der Waals surface area (Å²) in [5.41, 5.74) is 3.14. The first kappa shape index (κ1) is 22.7. The zero-order chi connectivity index (χ0) is 23.2. The molecule has 0 aliphatic rings. The summed E-state index contributed by atoms with van der Waals surface area (Å²) in [6, 6.07) is 25.6. The lowest BCUT2D eigenvalue weighted by Crippen LogP contribution is -2.19. The number of furan rings is 1. The number of anilines is 2. The summed E-state index contributed by atoms with van der Waals surface area (Å²) in [6.07, 6.45) is 1.45. The van der Waals surface area contributed by atoms with Gasteiger partial charge < -0.3 is 15.1 Å². The molecule has 0 fully saturated rings. The Bertz CT molecular complexity index is 1240. The summed E-state index contributed by atoms with van der Waals surface area (Å²) >= 11 is 7.55. The summed E-state index contributed by atoms with van der Waals surface area (Å²) < 4.78 is 5.11. The molecule has 1 unspecified atom stereocenters. The van der Waals surface area contributed by atoms with E-state index in [9.17, 15) is 9.59 Å². The summed E-state index contributed by atoms with van der Waals surface area (Å²) in [6.45, 7) is 1.92. The standard InChI is InChI=1S/C26H21ClN2O3S/c1-17-9-10-19(27)16-22(17)29-26(31)24(18-6-3-2-4-7-18)33-21-13-11-20(12-14-21)28-25(30)23-8-5-15-32-23/h2-16,24H,1H3,(H,28,30)(H,29,31). The van der Waals surface area contributed by atoms with Crippen molar-refractivity contribution in [3.8, 4) is 0 Å². The molecule has 3 aromatic carbocycles. The maximum atomic E-state index is 13.3. The third kappa shape index (κ3) is 5.86. The molecule has 2 N–H and O–H groups in total. The summed E-state index contributed by atoms with van der Waals surface area (Å²) in [7, 11) is 0. The molecule has 4 aromatic rings. The number of carbonyl (C=O) groups is 2. The lowest BCUT2D eigenvalue weighted by Gasteiger charge is -2.18. The molecule has 7 heteroatoms. The number of hydrogen-bond donors (Lipinski definition) is 2. The molecule has 1 aromatic heterocycles. The second-order valence-electron chi connectivity index (χ2n) is 7.31. The number of aryl methyl sites for hydroxylation is 1. The van der Waals surface area contributed by atoms with Gasteiger partial charge in [0.25, 0.3) is 5.91 Å². The molecule has 0 aliphatic heterocycles. The van der Waals surface area contributed by atoms with Crippen LogP contribution in [0, 0.1) is 6.92 Å². The highest BCUT2D eigenvalue weighted by Gasteiger charge is 2.23.